The van der Waals surface area contributed by atoms with Gasteiger partial charge in [-0.3, -0.25) is 4.99 Å². The molecule has 0 spiro atoms. The van der Waals surface area contributed by atoms with Crippen molar-refractivity contribution in [3.8, 4) is 11.5 Å². The van der Waals surface area contributed by atoms with Gasteiger partial charge in [-0.25, -0.2) is 4.39 Å². The molecule has 0 aliphatic heterocycles. The molecule has 2 aromatic carbocycles. The van der Waals surface area contributed by atoms with Gasteiger partial charge in [-0.15, -0.1) is 0 Å². The highest BCUT2D eigenvalue weighted by atomic mass is 19.1. The predicted octanol–water partition coefficient (Wildman–Crippen LogP) is 3.50. The van der Waals surface area contributed by atoms with Crippen molar-refractivity contribution in [3.05, 3.63) is 59.4 Å². The fraction of sp³-hybridized carbons (Fsp3) is 0.235. The SMILES string of the molecule is COc1ccc(CCN=Cc2ccc(F)cc2)cc1OC. The molecule has 0 atom stereocenters. The van der Waals surface area contributed by atoms with E-state index in [9.17, 15) is 4.39 Å². The fourth-order valence-electron chi connectivity index (χ4n) is 1.95. The van der Waals surface area contributed by atoms with Gasteiger partial charge in [-0.1, -0.05) is 18.2 Å². The topological polar surface area (TPSA) is 30.8 Å². The molecule has 0 N–H and O–H groups in total. The minimum Gasteiger partial charge on any atom is -0.493 e. The maximum absolute atomic E-state index is 12.8. The van der Waals surface area contributed by atoms with E-state index in [1.165, 1.54) is 12.1 Å². The molecule has 0 saturated heterocycles. The van der Waals surface area contributed by atoms with Crippen LogP contribution in [0.25, 0.3) is 0 Å². The standard InChI is InChI=1S/C17H18FNO2/c1-20-16-8-5-13(11-17(16)21-2)9-10-19-12-14-3-6-15(18)7-4-14/h3-8,11-12H,9-10H2,1-2H3. The van der Waals surface area contributed by atoms with Gasteiger partial charge in [0.1, 0.15) is 5.82 Å². The molecule has 0 aromatic heterocycles. The van der Waals surface area contributed by atoms with Crippen molar-refractivity contribution >= 4 is 6.21 Å². The van der Waals surface area contributed by atoms with Crippen LogP contribution in [0.2, 0.25) is 0 Å². The molecule has 0 heterocycles. The second-order valence-electron chi connectivity index (χ2n) is 4.53. The number of nitrogens with zero attached hydrogens (tertiary/aromatic N) is 1. The second-order valence-corrected chi connectivity index (χ2v) is 4.53. The van der Waals surface area contributed by atoms with Crippen molar-refractivity contribution in [1.82, 2.24) is 0 Å². The van der Waals surface area contributed by atoms with E-state index in [0.29, 0.717) is 6.54 Å². The third-order valence-corrected chi connectivity index (χ3v) is 3.09. The average Bonchev–Trinajstić information content (AvgIpc) is 2.53. The van der Waals surface area contributed by atoms with Gasteiger partial charge in [0.05, 0.1) is 14.2 Å². The highest BCUT2D eigenvalue weighted by Gasteiger charge is 2.03. The summed E-state index contributed by atoms with van der Waals surface area (Å²) in [7, 11) is 3.23. The summed E-state index contributed by atoms with van der Waals surface area (Å²) in [6, 6.07) is 12.1. The van der Waals surface area contributed by atoms with Gasteiger partial charge in [-0.05, 0) is 41.8 Å². The molecule has 0 amide bonds. The number of benzene rings is 2. The molecule has 0 radical (unpaired) electrons. The Morgan fingerprint density at radius 2 is 1.71 bits per heavy atom. The summed E-state index contributed by atoms with van der Waals surface area (Å²) in [5.41, 5.74) is 2.02. The number of ether oxygens (including phenoxy) is 2. The Hall–Kier alpha value is -2.36. The first kappa shape index (κ1) is 15.0. The van der Waals surface area contributed by atoms with E-state index in [1.807, 2.05) is 18.2 Å². The molecular formula is C17H18FNO2. The lowest BCUT2D eigenvalue weighted by molar-refractivity contribution is 0.354. The Balaban J connectivity index is 1.92. The lowest BCUT2D eigenvalue weighted by atomic mass is 10.1. The van der Waals surface area contributed by atoms with Crippen LogP contribution in [-0.2, 0) is 6.42 Å². The van der Waals surface area contributed by atoms with Crippen LogP contribution in [0.5, 0.6) is 11.5 Å². The van der Waals surface area contributed by atoms with Crippen LogP contribution in [0.3, 0.4) is 0 Å². The predicted molar refractivity (Wildman–Crippen MR) is 82.1 cm³/mol. The van der Waals surface area contributed by atoms with Gasteiger partial charge in [0, 0.05) is 12.8 Å². The zero-order valence-electron chi connectivity index (χ0n) is 12.2. The van der Waals surface area contributed by atoms with Crippen LogP contribution in [0, 0.1) is 5.82 Å². The van der Waals surface area contributed by atoms with Gasteiger partial charge in [0.25, 0.3) is 0 Å². The molecule has 0 unspecified atom stereocenters. The number of halogens is 1. The van der Waals surface area contributed by atoms with Crippen molar-refractivity contribution in [3.63, 3.8) is 0 Å². The number of hydrogen-bond donors (Lipinski definition) is 0. The van der Waals surface area contributed by atoms with E-state index >= 15 is 0 Å². The summed E-state index contributed by atoms with van der Waals surface area (Å²) in [4.78, 5) is 4.35. The van der Waals surface area contributed by atoms with E-state index in [-0.39, 0.29) is 5.82 Å². The van der Waals surface area contributed by atoms with Crippen molar-refractivity contribution in [1.29, 1.82) is 0 Å². The van der Waals surface area contributed by atoms with E-state index in [0.717, 1.165) is 29.0 Å². The normalized spacial score (nSPS) is 10.8. The smallest absolute Gasteiger partial charge is 0.160 e. The third kappa shape index (κ3) is 4.31. The molecule has 2 aromatic rings. The van der Waals surface area contributed by atoms with Gasteiger partial charge in [-0.2, -0.15) is 0 Å². The highest BCUT2D eigenvalue weighted by Crippen LogP contribution is 2.27. The Morgan fingerprint density at radius 3 is 2.38 bits per heavy atom. The number of rotatable bonds is 6. The summed E-state index contributed by atoms with van der Waals surface area (Å²) in [6.07, 6.45) is 2.55. The van der Waals surface area contributed by atoms with Crippen molar-refractivity contribution < 1.29 is 13.9 Å². The van der Waals surface area contributed by atoms with Crippen LogP contribution in [0.4, 0.5) is 4.39 Å². The van der Waals surface area contributed by atoms with Gasteiger partial charge >= 0.3 is 0 Å². The molecular weight excluding hydrogens is 269 g/mol. The molecule has 0 saturated carbocycles. The average molecular weight is 287 g/mol. The Morgan fingerprint density at radius 1 is 1.00 bits per heavy atom. The summed E-state index contributed by atoms with van der Waals surface area (Å²) in [5.74, 6) is 1.20. The molecule has 3 nitrogen and oxygen atoms in total. The van der Waals surface area contributed by atoms with Crippen LogP contribution in [0.15, 0.2) is 47.5 Å². The van der Waals surface area contributed by atoms with Crippen molar-refractivity contribution in [2.75, 3.05) is 20.8 Å². The lowest BCUT2D eigenvalue weighted by Crippen LogP contribution is -1.95. The quantitative estimate of drug-likeness (QED) is 0.761. The molecule has 21 heavy (non-hydrogen) atoms. The summed E-state index contributed by atoms with van der Waals surface area (Å²) < 4.78 is 23.2. The van der Waals surface area contributed by atoms with Gasteiger partial charge < -0.3 is 9.47 Å². The molecule has 2 rings (SSSR count). The molecule has 4 heteroatoms. The summed E-state index contributed by atoms with van der Waals surface area (Å²) >= 11 is 0. The molecule has 0 fully saturated rings. The molecule has 110 valence electrons. The number of aliphatic imine (C=N–C) groups is 1. The van der Waals surface area contributed by atoms with Crippen LogP contribution >= 0.6 is 0 Å². The highest BCUT2D eigenvalue weighted by molar-refractivity contribution is 5.79. The minimum absolute atomic E-state index is 0.238. The third-order valence-electron chi connectivity index (χ3n) is 3.09. The first-order chi connectivity index (χ1) is 10.2. The van der Waals surface area contributed by atoms with E-state index in [2.05, 4.69) is 4.99 Å². The van der Waals surface area contributed by atoms with Gasteiger partial charge in [0.15, 0.2) is 11.5 Å². The number of methoxy groups -OCH3 is 2. The molecule has 0 bridgehead atoms. The number of hydrogen-bond acceptors (Lipinski definition) is 3. The van der Waals surface area contributed by atoms with E-state index < -0.39 is 0 Å². The van der Waals surface area contributed by atoms with Crippen LogP contribution in [0.1, 0.15) is 11.1 Å². The molecule has 0 aliphatic carbocycles. The summed E-state index contributed by atoms with van der Waals surface area (Å²) in [5, 5.41) is 0. The first-order valence-electron chi connectivity index (χ1n) is 6.69. The monoisotopic (exact) mass is 287 g/mol. The van der Waals surface area contributed by atoms with Gasteiger partial charge in [0.2, 0.25) is 0 Å². The zero-order chi connectivity index (χ0) is 15.1. The largest absolute Gasteiger partial charge is 0.493 e. The minimum atomic E-state index is -0.238. The van der Waals surface area contributed by atoms with E-state index in [4.69, 9.17) is 9.47 Å². The first-order valence-corrected chi connectivity index (χ1v) is 6.69. The van der Waals surface area contributed by atoms with Crippen LogP contribution in [-0.4, -0.2) is 27.0 Å². The maximum atomic E-state index is 12.8. The Labute approximate surface area is 124 Å². The summed E-state index contributed by atoms with van der Waals surface area (Å²) in [6.45, 7) is 0.660. The zero-order valence-corrected chi connectivity index (χ0v) is 12.2. The van der Waals surface area contributed by atoms with Crippen molar-refractivity contribution in [2.45, 2.75) is 6.42 Å². The Kier molecular flexibility index (Phi) is 5.32. The van der Waals surface area contributed by atoms with Crippen molar-refractivity contribution in [2.24, 2.45) is 4.99 Å². The van der Waals surface area contributed by atoms with Crippen LogP contribution < -0.4 is 9.47 Å². The fourth-order valence-corrected chi connectivity index (χ4v) is 1.95. The van der Waals surface area contributed by atoms with E-state index in [1.54, 1.807) is 32.6 Å². The lowest BCUT2D eigenvalue weighted by Gasteiger charge is -2.08. The Bertz CT molecular complexity index is 609. The second kappa shape index (κ2) is 7.43. The molecule has 0 aliphatic rings. The maximum Gasteiger partial charge on any atom is 0.160 e.